The number of hydrogen-bond acceptors (Lipinski definition) is 3. The van der Waals surface area contributed by atoms with Gasteiger partial charge in [-0.25, -0.2) is 0 Å². The summed E-state index contributed by atoms with van der Waals surface area (Å²) >= 11 is 0. The lowest BCUT2D eigenvalue weighted by atomic mass is 10.2. The Kier molecular flexibility index (Phi) is 3.57. The van der Waals surface area contributed by atoms with Crippen molar-refractivity contribution in [3.8, 4) is 0 Å². The van der Waals surface area contributed by atoms with Crippen molar-refractivity contribution in [3.05, 3.63) is 52.8 Å². The van der Waals surface area contributed by atoms with Crippen molar-refractivity contribution in [2.75, 3.05) is 18.4 Å². The Morgan fingerprint density at radius 2 is 2.12 bits per heavy atom. The zero-order valence-corrected chi connectivity index (χ0v) is 9.44. The Morgan fingerprint density at radius 3 is 2.94 bits per heavy atom. The van der Waals surface area contributed by atoms with E-state index in [1.165, 1.54) is 0 Å². The molecule has 0 unspecified atom stereocenters. The summed E-state index contributed by atoms with van der Waals surface area (Å²) in [6.45, 7) is 1.17. The molecule has 1 aromatic heterocycles. The van der Waals surface area contributed by atoms with E-state index in [-0.39, 0.29) is 5.56 Å². The van der Waals surface area contributed by atoms with E-state index in [2.05, 4.69) is 10.3 Å². The van der Waals surface area contributed by atoms with Gasteiger partial charge >= 0.3 is 0 Å². The molecule has 0 fully saturated rings. The van der Waals surface area contributed by atoms with Gasteiger partial charge in [0.25, 0.3) is 5.56 Å². The maximum atomic E-state index is 11.8. The molecule has 0 aliphatic carbocycles. The van der Waals surface area contributed by atoms with Crippen LogP contribution in [0.15, 0.2) is 47.3 Å². The van der Waals surface area contributed by atoms with Crippen LogP contribution in [-0.2, 0) is 0 Å². The minimum atomic E-state index is -0.0756. The van der Waals surface area contributed by atoms with Gasteiger partial charge in [0.1, 0.15) is 5.82 Å². The maximum Gasteiger partial charge on any atom is 0.257 e. The fourth-order valence-electron chi connectivity index (χ4n) is 1.65. The predicted molar refractivity (Wildman–Crippen MR) is 71.3 cm³/mol. The number of anilines is 1. The molecular formula is C13H15N3O. The quantitative estimate of drug-likeness (QED) is 0.695. The molecule has 0 spiro atoms. The average molecular weight is 229 g/mol. The van der Waals surface area contributed by atoms with Crippen molar-refractivity contribution in [1.82, 2.24) is 4.98 Å². The van der Waals surface area contributed by atoms with Crippen LogP contribution in [0, 0.1) is 0 Å². The second-order valence-corrected chi connectivity index (χ2v) is 3.69. The molecule has 1 aromatic carbocycles. The van der Waals surface area contributed by atoms with Crippen LogP contribution in [-0.4, -0.2) is 18.1 Å². The first-order valence-electron chi connectivity index (χ1n) is 5.52. The normalized spacial score (nSPS) is 11.1. The van der Waals surface area contributed by atoms with E-state index >= 15 is 0 Å². The number of aromatic nitrogens is 1. The number of pyridine rings is 1. The summed E-state index contributed by atoms with van der Waals surface area (Å²) in [5.74, 6) is 0.718. The van der Waals surface area contributed by atoms with Gasteiger partial charge in [0.05, 0.1) is 0 Å². The molecule has 17 heavy (non-hydrogen) atoms. The summed E-state index contributed by atoms with van der Waals surface area (Å²) in [4.78, 5) is 14.6. The molecule has 4 N–H and O–H groups in total. The molecule has 0 saturated heterocycles. The zero-order chi connectivity index (χ0) is 12.1. The molecule has 4 nitrogen and oxygen atoms in total. The third kappa shape index (κ3) is 2.73. The highest BCUT2D eigenvalue weighted by Crippen LogP contribution is 2.12. The number of hydrogen-bond donors (Lipinski definition) is 3. The molecule has 4 heteroatoms. The summed E-state index contributed by atoms with van der Waals surface area (Å²) in [7, 11) is 0. The van der Waals surface area contributed by atoms with E-state index in [1.54, 1.807) is 0 Å². The molecule has 0 aliphatic rings. The van der Waals surface area contributed by atoms with E-state index in [4.69, 9.17) is 5.73 Å². The molecule has 0 amide bonds. The maximum absolute atomic E-state index is 11.8. The molecule has 0 radical (unpaired) electrons. The van der Waals surface area contributed by atoms with Crippen LogP contribution >= 0.6 is 0 Å². The van der Waals surface area contributed by atoms with Gasteiger partial charge < -0.3 is 16.0 Å². The minimum Gasteiger partial charge on any atom is -0.368 e. The number of aromatic amines is 1. The lowest BCUT2D eigenvalue weighted by molar-refractivity contribution is 1.18. The van der Waals surface area contributed by atoms with Gasteiger partial charge in [-0.05, 0) is 17.5 Å². The summed E-state index contributed by atoms with van der Waals surface area (Å²) < 4.78 is 0. The van der Waals surface area contributed by atoms with Gasteiger partial charge in [0.2, 0.25) is 0 Å². The number of nitrogens with two attached hydrogens (primary N) is 1. The third-order valence-electron chi connectivity index (χ3n) is 2.47. The molecule has 88 valence electrons. The van der Waals surface area contributed by atoms with Crippen molar-refractivity contribution in [2.45, 2.75) is 0 Å². The second-order valence-electron chi connectivity index (χ2n) is 3.69. The SMILES string of the molecule is NC/C=C/CNc1cc2ccccc2c(=O)[nH]1. The summed E-state index contributed by atoms with van der Waals surface area (Å²) in [5, 5.41) is 4.75. The fourth-order valence-corrected chi connectivity index (χ4v) is 1.65. The van der Waals surface area contributed by atoms with Crippen molar-refractivity contribution >= 4 is 16.6 Å². The lowest BCUT2D eigenvalue weighted by Crippen LogP contribution is -2.11. The molecule has 0 bridgehead atoms. The topological polar surface area (TPSA) is 70.9 Å². The van der Waals surface area contributed by atoms with Crippen LogP contribution < -0.4 is 16.6 Å². The fraction of sp³-hybridized carbons (Fsp3) is 0.154. The zero-order valence-electron chi connectivity index (χ0n) is 9.44. The molecule has 0 aliphatic heterocycles. The van der Waals surface area contributed by atoms with Gasteiger partial charge in [-0.2, -0.15) is 0 Å². The number of benzene rings is 1. The summed E-state index contributed by atoms with van der Waals surface area (Å²) in [5.41, 5.74) is 5.26. The van der Waals surface area contributed by atoms with Crippen LogP contribution in [0.5, 0.6) is 0 Å². The predicted octanol–water partition coefficient (Wildman–Crippen LogP) is 1.45. The van der Waals surface area contributed by atoms with Crippen LogP contribution in [0.2, 0.25) is 0 Å². The van der Waals surface area contributed by atoms with E-state index in [9.17, 15) is 4.79 Å². The monoisotopic (exact) mass is 229 g/mol. The van der Waals surface area contributed by atoms with E-state index < -0.39 is 0 Å². The Labute approximate surface area is 99.2 Å². The first-order valence-corrected chi connectivity index (χ1v) is 5.52. The van der Waals surface area contributed by atoms with E-state index in [1.807, 2.05) is 42.5 Å². The highest BCUT2D eigenvalue weighted by molar-refractivity contribution is 5.83. The Bertz CT molecular complexity index is 586. The van der Waals surface area contributed by atoms with Crippen molar-refractivity contribution in [1.29, 1.82) is 0 Å². The number of nitrogens with one attached hydrogen (secondary N) is 2. The summed E-state index contributed by atoms with van der Waals surface area (Å²) in [6, 6.07) is 9.43. The first kappa shape index (κ1) is 11.4. The third-order valence-corrected chi connectivity index (χ3v) is 2.47. The largest absolute Gasteiger partial charge is 0.368 e. The molecule has 1 heterocycles. The molecule has 0 saturated carbocycles. The lowest BCUT2D eigenvalue weighted by Gasteiger charge is -2.04. The minimum absolute atomic E-state index is 0.0756. The highest BCUT2D eigenvalue weighted by Gasteiger charge is 1.99. The molecule has 0 atom stereocenters. The number of fused-ring (bicyclic) bond motifs is 1. The summed E-state index contributed by atoms with van der Waals surface area (Å²) in [6.07, 6.45) is 3.79. The Balaban J connectivity index is 2.25. The Hall–Kier alpha value is -2.07. The first-order chi connectivity index (χ1) is 8.31. The second kappa shape index (κ2) is 5.32. The van der Waals surface area contributed by atoms with Crippen molar-refractivity contribution < 1.29 is 0 Å². The van der Waals surface area contributed by atoms with Crippen LogP contribution in [0.3, 0.4) is 0 Å². The smallest absolute Gasteiger partial charge is 0.257 e. The Morgan fingerprint density at radius 1 is 1.29 bits per heavy atom. The van der Waals surface area contributed by atoms with Crippen molar-refractivity contribution in [2.24, 2.45) is 5.73 Å². The van der Waals surface area contributed by atoms with Gasteiger partial charge in [-0.15, -0.1) is 0 Å². The standard InChI is InChI=1S/C13H15N3O/c14-7-3-4-8-15-12-9-10-5-1-2-6-11(10)13(17)16-12/h1-6,9H,7-8,14H2,(H2,15,16,17)/b4-3+. The van der Waals surface area contributed by atoms with Gasteiger partial charge in [0, 0.05) is 18.5 Å². The van der Waals surface area contributed by atoms with Crippen LogP contribution in [0.1, 0.15) is 0 Å². The molecule has 2 rings (SSSR count). The van der Waals surface area contributed by atoms with E-state index in [0.29, 0.717) is 18.5 Å². The molecule has 2 aromatic rings. The van der Waals surface area contributed by atoms with Gasteiger partial charge in [-0.3, -0.25) is 4.79 Å². The van der Waals surface area contributed by atoms with E-state index in [0.717, 1.165) is 11.2 Å². The molecular weight excluding hydrogens is 214 g/mol. The van der Waals surface area contributed by atoms with Crippen LogP contribution in [0.4, 0.5) is 5.82 Å². The van der Waals surface area contributed by atoms with Crippen molar-refractivity contribution in [3.63, 3.8) is 0 Å². The highest BCUT2D eigenvalue weighted by atomic mass is 16.1. The van der Waals surface area contributed by atoms with Crippen LogP contribution in [0.25, 0.3) is 10.8 Å². The average Bonchev–Trinajstić information content (AvgIpc) is 2.35. The van der Waals surface area contributed by atoms with Gasteiger partial charge in [-0.1, -0.05) is 30.4 Å². The number of rotatable bonds is 4. The van der Waals surface area contributed by atoms with Gasteiger partial charge in [0.15, 0.2) is 0 Å². The number of H-pyrrole nitrogens is 1.